The van der Waals surface area contributed by atoms with E-state index in [-0.39, 0.29) is 11.3 Å². The zero-order valence-electron chi connectivity index (χ0n) is 10.5. The summed E-state index contributed by atoms with van der Waals surface area (Å²) >= 11 is 5.98. The third-order valence-electron chi connectivity index (χ3n) is 2.67. The summed E-state index contributed by atoms with van der Waals surface area (Å²) in [6.07, 6.45) is 2.22. The van der Waals surface area contributed by atoms with Gasteiger partial charge >= 0.3 is 0 Å². The topological polar surface area (TPSA) is 29.1 Å². The van der Waals surface area contributed by atoms with Crippen LogP contribution >= 0.6 is 11.6 Å². The van der Waals surface area contributed by atoms with Gasteiger partial charge in [-0.15, -0.1) is 11.6 Å². The third kappa shape index (κ3) is 5.73. The molecule has 0 aromatic heterocycles. The number of rotatable bonds is 6. The van der Waals surface area contributed by atoms with Crippen LogP contribution in [0, 0.1) is 6.92 Å². The number of carbonyl (C=O) groups excluding carboxylic acids is 1. The first-order valence-electron chi connectivity index (χ1n) is 6.08. The maximum absolute atomic E-state index is 11.6. The van der Waals surface area contributed by atoms with E-state index in [4.69, 9.17) is 11.6 Å². The molecule has 0 spiro atoms. The lowest BCUT2D eigenvalue weighted by atomic mass is 10.1. The Labute approximate surface area is 108 Å². The predicted molar refractivity (Wildman–Crippen MR) is 72.4 cm³/mol. The molecular formula is C14H20ClNO. The molecule has 17 heavy (non-hydrogen) atoms. The van der Waals surface area contributed by atoms with E-state index >= 15 is 0 Å². The van der Waals surface area contributed by atoms with Gasteiger partial charge in [-0.3, -0.25) is 4.79 Å². The molecule has 94 valence electrons. The fourth-order valence-corrected chi connectivity index (χ4v) is 1.75. The van der Waals surface area contributed by atoms with Crippen molar-refractivity contribution in [3.8, 4) is 0 Å². The highest BCUT2D eigenvalue weighted by Crippen LogP contribution is 2.06. The molecule has 0 aliphatic rings. The van der Waals surface area contributed by atoms with E-state index in [1.807, 2.05) is 38.1 Å². The van der Waals surface area contributed by atoms with Crippen LogP contribution in [0.4, 0.5) is 0 Å². The molecular weight excluding hydrogens is 234 g/mol. The van der Waals surface area contributed by atoms with Crippen LogP contribution in [-0.4, -0.2) is 17.8 Å². The highest BCUT2D eigenvalue weighted by molar-refractivity contribution is 6.20. The molecule has 0 fully saturated rings. The molecule has 1 unspecified atom stereocenters. The number of amides is 1. The van der Waals surface area contributed by atoms with Crippen LogP contribution in [-0.2, 0) is 11.2 Å². The Morgan fingerprint density at radius 3 is 2.88 bits per heavy atom. The lowest BCUT2D eigenvalue weighted by Gasteiger charge is -2.08. The van der Waals surface area contributed by atoms with Crippen LogP contribution < -0.4 is 5.32 Å². The highest BCUT2D eigenvalue weighted by Gasteiger charge is 2.05. The molecule has 0 saturated heterocycles. The third-order valence-corrected chi connectivity index (χ3v) is 3.20. The van der Waals surface area contributed by atoms with Crippen molar-refractivity contribution < 1.29 is 4.79 Å². The van der Waals surface area contributed by atoms with E-state index in [0.717, 1.165) is 18.4 Å². The Morgan fingerprint density at radius 2 is 2.24 bits per heavy atom. The maximum atomic E-state index is 11.6. The molecule has 0 heterocycles. The quantitative estimate of drug-likeness (QED) is 0.776. The predicted octanol–water partition coefficient (Wildman–Crippen LogP) is 3.06. The molecule has 0 radical (unpaired) electrons. The highest BCUT2D eigenvalue weighted by atomic mass is 35.5. The molecule has 1 amide bonds. The Bertz CT molecular complexity index is 365. The van der Waals surface area contributed by atoms with Gasteiger partial charge in [0.05, 0.1) is 6.42 Å². The van der Waals surface area contributed by atoms with E-state index in [1.54, 1.807) is 0 Å². The molecule has 1 rings (SSSR count). The van der Waals surface area contributed by atoms with Gasteiger partial charge in [0.25, 0.3) is 0 Å². The molecule has 1 aromatic rings. The van der Waals surface area contributed by atoms with Crippen LogP contribution in [0.5, 0.6) is 0 Å². The van der Waals surface area contributed by atoms with Gasteiger partial charge in [0.1, 0.15) is 0 Å². The van der Waals surface area contributed by atoms with Gasteiger partial charge in [-0.05, 0) is 25.3 Å². The van der Waals surface area contributed by atoms with E-state index in [1.165, 1.54) is 5.56 Å². The van der Waals surface area contributed by atoms with Crippen molar-refractivity contribution in [2.45, 2.75) is 38.5 Å². The van der Waals surface area contributed by atoms with Gasteiger partial charge in [-0.2, -0.15) is 0 Å². The minimum atomic E-state index is 0.0653. The van der Waals surface area contributed by atoms with Crippen molar-refractivity contribution in [2.75, 3.05) is 6.54 Å². The molecule has 1 atom stereocenters. The minimum absolute atomic E-state index is 0.0653. The molecule has 2 nitrogen and oxygen atoms in total. The standard InChI is InChI=1S/C14H20ClNO/c1-3-13(15)7-8-16-14(17)10-12-6-4-5-11(2)9-12/h4-6,9,13H,3,7-8,10H2,1-2H3,(H,16,17). The lowest BCUT2D eigenvalue weighted by Crippen LogP contribution is -2.27. The monoisotopic (exact) mass is 253 g/mol. The fourth-order valence-electron chi connectivity index (χ4n) is 1.64. The Kier molecular flexibility index (Phi) is 6.06. The average molecular weight is 254 g/mol. The second-order valence-electron chi connectivity index (χ2n) is 4.31. The molecule has 0 bridgehead atoms. The molecule has 0 aliphatic carbocycles. The Balaban J connectivity index is 2.30. The van der Waals surface area contributed by atoms with E-state index in [0.29, 0.717) is 13.0 Å². The molecule has 1 N–H and O–H groups in total. The van der Waals surface area contributed by atoms with Crippen LogP contribution in [0.15, 0.2) is 24.3 Å². The average Bonchev–Trinajstić information content (AvgIpc) is 2.28. The first kappa shape index (κ1) is 14.0. The maximum Gasteiger partial charge on any atom is 0.224 e. The van der Waals surface area contributed by atoms with Gasteiger partial charge in [0.15, 0.2) is 0 Å². The van der Waals surface area contributed by atoms with Crippen molar-refractivity contribution >= 4 is 17.5 Å². The second kappa shape index (κ2) is 7.33. The van der Waals surface area contributed by atoms with Crippen molar-refractivity contribution in [3.63, 3.8) is 0 Å². The van der Waals surface area contributed by atoms with Crippen LogP contribution in [0.3, 0.4) is 0 Å². The van der Waals surface area contributed by atoms with Gasteiger partial charge in [-0.1, -0.05) is 36.8 Å². The minimum Gasteiger partial charge on any atom is -0.356 e. The number of carbonyl (C=O) groups is 1. The number of hydrogen-bond acceptors (Lipinski definition) is 1. The van der Waals surface area contributed by atoms with Gasteiger partial charge in [0.2, 0.25) is 5.91 Å². The summed E-state index contributed by atoms with van der Waals surface area (Å²) in [5.41, 5.74) is 2.24. The van der Waals surface area contributed by atoms with Crippen molar-refractivity contribution in [1.29, 1.82) is 0 Å². The molecule has 3 heteroatoms. The first-order valence-corrected chi connectivity index (χ1v) is 6.51. The Morgan fingerprint density at radius 1 is 1.47 bits per heavy atom. The summed E-state index contributed by atoms with van der Waals surface area (Å²) in [5, 5.41) is 3.05. The lowest BCUT2D eigenvalue weighted by molar-refractivity contribution is -0.120. The molecule has 0 saturated carbocycles. The number of aryl methyl sites for hydroxylation is 1. The van der Waals surface area contributed by atoms with Crippen LogP contribution in [0.2, 0.25) is 0 Å². The summed E-state index contributed by atoms with van der Waals surface area (Å²) in [6.45, 7) is 4.74. The number of nitrogens with one attached hydrogen (secondary N) is 1. The Hall–Kier alpha value is -1.02. The SMILES string of the molecule is CCC(Cl)CCNC(=O)Cc1cccc(C)c1. The second-order valence-corrected chi connectivity index (χ2v) is 4.93. The van der Waals surface area contributed by atoms with E-state index < -0.39 is 0 Å². The number of hydrogen-bond donors (Lipinski definition) is 1. The molecule has 0 aliphatic heterocycles. The van der Waals surface area contributed by atoms with Crippen LogP contribution in [0.1, 0.15) is 30.9 Å². The first-order chi connectivity index (χ1) is 8.11. The smallest absolute Gasteiger partial charge is 0.224 e. The van der Waals surface area contributed by atoms with E-state index in [9.17, 15) is 4.79 Å². The van der Waals surface area contributed by atoms with Crippen molar-refractivity contribution in [2.24, 2.45) is 0 Å². The van der Waals surface area contributed by atoms with Crippen LogP contribution in [0.25, 0.3) is 0 Å². The normalized spacial score (nSPS) is 12.2. The van der Waals surface area contributed by atoms with E-state index in [2.05, 4.69) is 5.32 Å². The van der Waals surface area contributed by atoms with Crippen molar-refractivity contribution in [1.82, 2.24) is 5.32 Å². The number of alkyl halides is 1. The van der Waals surface area contributed by atoms with Gasteiger partial charge < -0.3 is 5.32 Å². The zero-order valence-corrected chi connectivity index (χ0v) is 11.3. The van der Waals surface area contributed by atoms with Crippen molar-refractivity contribution in [3.05, 3.63) is 35.4 Å². The summed E-state index contributed by atoms with van der Waals surface area (Å²) in [5.74, 6) is 0.0653. The molecule has 1 aromatic carbocycles. The number of halogens is 1. The number of benzene rings is 1. The summed E-state index contributed by atoms with van der Waals surface area (Å²) in [4.78, 5) is 11.6. The largest absolute Gasteiger partial charge is 0.356 e. The summed E-state index contributed by atoms with van der Waals surface area (Å²) in [6, 6.07) is 8.02. The zero-order chi connectivity index (χ0) is 12.7. The van der Waals surface area contributed by atoms with Gasteiger partial charge in [-0.25, -0.2) is 0 Å². The fraction of sp³-hybridized carbons (Fsp3) is 0.500. The summed E-state index contributed by atoms with van der Waals surface area (Å²) in [7, 11) is 0. The summed E-state index contributed by atoms with van der Waals surface area (Å²) < 4.78 is 0. The van der Waals surface area contributed by atoms with Gasteiger partial charge in [0, 0.05) is 11.9 Å².